The van der Waals surface area contributed by atoms with Crippen LogP contribution in [0, 0.1) is 0 Å². The second-order valence-electron chi connectivity index (χ2n) is 10.4. The second kappa shape index (κ2) is 18.6. The molecule has 0 unspecified atom stereocenters. The molecule has 1 heterocycles. The molecule has 46 heavy (non-hydrogen) atoms. The van der Waals surface area contributed by atoms with Gasteiger partial charge in [-0.05, 0) is 84.4 Å². The molecule has 5 rings (SSSR count). The Kier molecular flexibility index (Phi) is 14.3. The summed E-state index contributed by atoms with van der Waals surface area (Å²) in [6.45, 7) is 14.5. The minimum atomic E-state index is 0.640. The first-order valence-electron chi connectivity index (χ1n) is 16.0. The first kappa shape index (κ1) is 35.4. The topological polar surface area (TPSA) is 65.2 Å². The Balaban J connectivity index is 0.000000505. The van der Waals surface area contributed by atoms with Crippen molar-refractivity contribution in [1.82, 2.24) is 0 Å². The Morgan fingerprint density at radius 2 is 1.46 bits per heavy atom. The summed E-state index contributed by atoms with van der Waals surface area (Å²) in [6, 6.07) is 31.5. The Morgan fingerprint density at radius 1 is 0.739 bits per heavy atom. The van der Waals surface area contributed by atoms with Gasteiger partial charge in [0.2, 0.25) is 0 Å². The van der Waals surface area contributed by atoms with Crippen LogP contribution in [-0.2, 0) is 6.42 Å². The van der Waals surface area contributed by atoms with Gasteiger partial charge in [0.15, 0.2) is 0 Å². The van der Waals surface area contributed by atoms with Crippen LogP contribution in [0.4, 0.5) is 0 Å². The lowest BCUT2D eigenvalue weighted by atomic mass is 9.97. The molecule has 0 atom stereocenters. The van der Waals surface area contributed by atoms with Crippen molar-refractivity contribution in [1.29, 1.82) is 0 Å². The highest BCUT2D eigenvalue weighted by Crippen LogP contribution is 2.30. The van der Waals surface area contributed by atoms with Gasteiger partial charge in [-0.2, -0.15) is 0 Å². The smallest absolute Gasteiger partial charge is 0.135 e. The van der Waals surface area contributed by atoms with Gasteiger partial charge >= 0.3 is 0 Å². The Hall–Kier alpha value is -5.12. The minimum Gasteiger partial charge on any atom is -0.456 e. The SMILES string of the molecule is C/C=C\C(=C/C)CN.C=C/C=C(\C=C/C)c1cccc(-c2ccc(/C(N)=C/Cc3ccc4c(c3)oc3ccccc34)cc2)c1.CC. The average molecular weight is 609 g/mol. The summed E-state index contributed by atoms with van der Waals surface area (Å²) in [6.07, 6.45) is 16.8. The van der Waals surface area contributed by atoms with Crippen LogP contribution in [0.25, 0.3) is 44.3 Å². The van der Waals surface area contributed by atoms with Gasteiger partial charge in [-0.15, -0.1) is 0 Å². The summed E-state index contributed by atoms with van der Waals surface area (Å²) in [5.74, 6) is 0. The minimum absolute atomic E-state index is 0.640. The van der Waals surface area contributed by atoms with E-state index in [9.17, 15) is 0 Å². The number of para-hydroxylation sites is 1. The van der Waals surface area contributed by atoms with Crippen molar-refractivity contribution >= 4 is 33.2 Å². The Labute approximate surface area is 275 Å². The molecule has 0 aliphatic heterocycles. The molecule has 0 spiro atoms. The molecular weight excluding hydrogens is 560 g/mol. The largest absolute Gasteiger partial charge is 0.456 e. The first-order valence-corrected chi connectivity index (χ1v) is 16.0. The highest BCUT2D eigenvalue weighted by molar-refractivity contribution is 6.04. The van der Waals surface area contributed by atoms with E-state index in [1.165, 1.54) is 16.7 Å². The molecule has 4 aromatic carbocycles. The maximum Gasteiger partial charge on any atom is 0.135 e. The molecule has 0 aliphatic carbocycles. The number of benzene rings is 4. The van der Waals surface area contributed by atoms with Gasteiger partial charge in [-0.3, -0.25) is 0 Å². The highest BCUT2D eigenvalue weighted by Gasteiger charge is 2.07. The van der Waals surface area contributed by atoms with E-state index in [1.807, 2.05) is 89.3 Å². The van der Waals surface area contributed by atoms with E-state index in [2.05, 4.69) is 91.5 Å². The zero-order valence-corrected chi connectivity index (χ0v) is 28.0. The van der Waals surface area contributed by atoms with Crippen molar-refractivity contribution in [2.45, 2.75) is 41.0 Å². The van der Waals surface area contributed by atoms with Crippen LogP contribution in [-0.4, -0.2) is 6.54 Å². The maximum atomic E-state index is 6.45. The lowest BCUT2D eigenvalue weighted by molar-refractivity contribution is 0.668. The fourth-order valence-corrected chi connectivity index (χ4v) is 5.03. The number of hydrogen-bond donors (Lipinski definition) is 2. The summed E-state index contributed by atoms with van der Waals surface area (Å²) in [5.41, 5.74) is 22.4. The van der Waals surface area contributed by atoms with E-state index in [0.717, 1.165) is 56.3 Å². The number of fused-ring (bicyclic) bond motifs is 3. The summed E-state index contributed by atoms with van der Waals surface area (Å²) in [7, 11) is 0. The van der Waals surface area contributed by atoms with Gasteiger partial charge in [0.1, 0.15) is 11.2 Å². The molecule has 0 saturated heterocycles. The van der Waals surface area contributed by atoms with Gasteiger partial charge in [-0.1, -0.05) is 142 Å². The fraction of sp³-hybridized carbons (Fsp3) is 0.163. The molecule has 4 N–H and O–H groups in total. The first-order chi connectivity index (χ1) is 22.5. The summed E-state index contributed by atoms with van der Waals surface area (Å²) < 4.78 is 6.03. The van der Waals surface area contributed by atoms with Gasteiger partial charge in [0.25, 0.3) is 0 Å². The number of nitrogens with two attached hydrogens (primary N) is 2. The standard InChI is InChI=1S/C34H29NO.C7H13N.C2H6/c1-3-8-25(9-4-2)28-10-7-11-29(23-28)26-16-18-27(19-17-26)32(35)21-15-24-14-20-31-30-12-5-6-13-33(30)36-34(31)22-24;1-3-5-7(4-2)6-8;1-2/h3-14,16-23H,1,15,35H2,2H3;3-5H,6,8H2,1-2H3;1-2H3/b9-4-,25-8+,32-21-;5-3-,7-4+;. The van der Waals surface area contributed by atoms with Crippen molar-refractivity contribution in [2.75, 3.05) is 6.54 Å². The predicted molar refractivity (Wildman–Crippen MR) is 203 cm³/mol. The van der Waals surface area contributed by atoms with Crippen LogP contribution in [0.5, 0.6) is 0 Å². The van der Waals surface area contributed by atoms with Crippen molar-refractivity contribution < 1.29 is 4.42 Å². The molecule has 5 aromatic rings. The lowest BCUT2D eigenvalue weighted by Gasteiger charge is -2.08. The van der Waals surface area contributed by atoms with E-state index in [-0.39, 0.29) is 0 Å². The molecule has 0 fully saturated rings. The van der Waals surface area contributed by atoms with E-state index >= 15 is 0 Å². The molecular formula is C43H48N2O. The van der Waals surface area contributed by atoms with Crippen molar-refractivity contribution in [3.8, 4) is 11.1 Å². The molecule has 0 bridgehead atoms. The van der Waals surface area contributed by atoms with Gasteiger partial charge in [0.05, 0.1) is 0 Å². The van der Waals surface area contributed by atoms with Crippen molar-refractivity contribution in [3.05, 3.63) is 168 Å². The highest BCUT2D eigenvalue weighted by atomic mass is 16.3. The summed E-state index contributed by atoms with van der Waals surface area (Å²) in [4.78, 5) is 0. The van der Waals surface area contributed by atoms with Crippen molar-refractivity contribution in [2.24, 2.45) is 11.5 Å². The van der Waals surface area contributed by atoms with Crippen LogP contribution in [0.15, 0.2) is 156 Å². The molecule has 236 valence electrons. The maximum absolute atomic E-state index is 6.45. The fourth-order valence-electron chi connectivity index (χ4n) is 5.03. The second-order valence-corrected chi connectivity index (χ2v) is 10.4. The van der Waals surface area contributed by atoms with E-state index < -0.39 is 0 Å². The number of allylic oxidation sites excluding steroid dienone is 8. The molecule has 0 amide bonds. The molecule has 1 aromatic heterocycles. The zero-order valence-electron chi connectivity index (χ0n) is 28.0. The van der Waals surface area contributed by atoms with Gasteiger partial charge in [0, 0.05) is 23.0 Å². The molecule has 0 radical (unpaired) electrons. The average Bonchev–Trinajstić information content (AvgIpc) is 3.48. The van der Waals surface area contributed by atoms with Gasteiger partial charge < -0.3 is 15.9 Å². The van der Waals surface area contributed by atoms with Crippen LogP contribution >= 0.6 is 0 Å². The third kappa shape index (κ3) is 9.44. The van der Waals surface area contributed by atoms with E-state index in [0.29, 0.717) is 6.54 Å². The molecule has 0 aliphatic rings. The Morgan fingerprint density at radius 3 is 2.11 bits per heavy atom. The zero-order chi connectivity index (χ0) is 33.3. The van der Waals surface area contributed by atoms with E-state index in [4.69, 9.17) is 15.9 Å². The summed E-state index contributed by atoms with van der Waals surface area (Å²) >= 11 is 0. The number of furan rings is 1. The third-order valence-electron chi connectivity index (χ3n) is 7.38. The van der Waals surface area contributed by atoms with Crippen LogP contribution < -0.4 is 11.5 Å². The van der Waals surface area contributed by atoms with E-state index in [1.54, 1.807) is 0 Å². The summed E-state index contributed by atoms with van der Waals surface area (Å²) in [5, 5.41) is 2.29. The molecule has 3 nitrogen and oxygen atoms in total. The lowest BCUT2D eigenvalue weighted by Crippen LogP contribution is -1.99. The van der Waals surface area contributed by atoms with Gasteiger partial charge in [-0.25, -0.2) is 0 Å². The number of rotatable bonds is 9. The van der Waals surface area contributed by atoms with Crippen LogP contribution in [0.1, 0.15) is 51.3 Å². The predicted octanol–water partition coefficient (Wildman–Crippen LogP) is 11.4. The molecule has 3 heteroatoms. The monoisotopic (exact) mass is 608 g/mol. The van der Waals surface area contributed by atoms with Crippen LogP contribution in [0.3, 0.4) is 0 Å². The Bertz CT molecular complexity index is 1860. The van der Waals surface area contributed by atoms with Crippen LogP contribution in [0.2, 0.25) is 0 Å². The quantitative estimate of drug-likeness (QED) is 0.164. The van der Waals surface area contributed by atoms with Crippen molar-refractivity contribution in [3.63, 3.8) is 0 Å². The number of hydrogen-bond acceptors (Lipinski definition) is 3. The normalized spacial score (nSPS) is 12.3. The molecule has 0 saturated carbocycles. The third-order valence-corrected chi connectivity index (χ3v) is 7.38.